The maximum Gasteiger partial charge on any atom is 0.319 e. The Morgan fingerprint density at radius 1 is 1.37 bits per heavy atom. The van der Waals surface area contributed by atoms with Crippen molar-refractivity contribution in [1.29, 1.82) is 0 Å². The highest BCUT2D eigenvalue weighted by atomic mass is 32.1. The molecule has 140 valence electrons. The van der Waals surface area contributed by atoms with Gasteiger partial charge in [0.05, 0.1) is 36.0 Å². The number of fused-ring (bicyclic) bond motifs is 1. The first kappa shape index (κ1) is 17.2. The van der Waals surface area contributed by atoms with E-state index in [1.54, 1.807) is 17.6 Å². The van der Waals surface area contributed by atoms with Crippen molar-refractivity contribution >= 4 is 28.2 Å². The second-order valence-electron chi connectivity index (χ2n) is 6.25. The number of aromatic nitrogens is 5. The normalized spacial score (nSPS) is 17.1. The number of aromatic amines is 1. The number of imidazole rings is 2. The van der Waals surface area contributed by atoms with Crippen LogP contribution in [0.3, 0.4) is 0 Å². The van der Waals surface area contributed by atoms with Crippen molar-refractivity contribution in [2.24, 2.45) is 0 Å². The van der Waals surface area contributed by atoms with Gasteiger partial charge in [-0.2, -0.15) is 5.10 Å². The average molecular weight is 386 g/mol. The van der Waals surface area contributed by atoms with Crippen LogP contribution in [-0.2, 0) is 11.3 Å². The fourth-order valence-electron chi connectivity index (χ4n) is 3.06. The highest BCUT2D eigenvalue weighted by Crippen LogP contribution is 2.27. The number of hydrogen-bond acceptors (Lipinski definition) is 6. The van der Waals surface area contributed by atoms with Gasteiger partial charge in [-0.3, -0.25) is 4.79 Å². The van der Waals surface area contributed by atoms with Crippen LogP contribution in [0.15, 0.2) is 23.8 Å². The zero-order valence-corrected chi connectivity index (χ0v) is 15.8. The van der Waals surface area contributed by atoms with Gasteiger partial charge < -0.3 is 20.9 Å². The molecule has 4 rings (SSSR count). The first-order valence-electron chi connectivity index (χ1n) is 8.30. The lowest BCUT2D eigenvalue weighted by atomic mass is 9.98. The summed E-state index contributed by atoms with van der Waals surface area (Å²) in [7, 11) is 0. The molecule has 10 nitrogen and oxygen atoms in total. The molecule has 27 heavy (non-hydrogen) atoms. The monoisotopic (exact) mass is 386 g/mol. The van der Waals surface area contributed by atoms with E-state index in [2.05, 4.69) is 36.0 Å². The van der Waals surface area contributed by atoms with Crippen LogP contribution in [0.25, 0.3) is 4.96 Å². The summed E-state index contributed by atoms with van der Waals surface area (Å²) >= 11 is 1.49. The lowest BCUT2D eigenvalue weighted by Gasteiger charge is -2.27. The molecule has 1 aliphatic heterocycles. The minimum absolute atomic E-state index is 0.255. The summed E-state index contributed by atoms with van der Waals surface area (Å²) in [6, 6.07) is -0.993. The SMILES string of the molecule is CC1=C(C(=O)NCc2cn3nc(C)sc3n2)[C@H](c2nc[nH]c2C)NC(=O)N1. The van der Waals surface area contributed by atoms with Crippen LogP contribution in [0.5, 0.6) is 0 Å². The second kappa shape index (κ2) is 6.50. The minimum atomic E-state index is -0.625. The molecule has 4 heterocycles. The summed E-state index contributed by atoms with van der Waals surface area (Å²) in [6.07, 6.45) is 3.33. The van der Waals surface area contributed by atoms with Gasteiger partial charge >= 0.3 is 6.03 Å². The fourth-order valence-corrected chi connectivity index (χ4v) is 3.80. The van der Waals surface area contributed by atoms with Crippen LogP contribution in [0, 0.1) is 13.8 Å². The maximum atomic E-state index is 12.9. The Labute approximate surface area is 158 Å². The van der Waals surface area contributed by atoms with Crippen molar-refractivity contribution in [3.8, 4) is 0 Å². The molecule has 4 N–H and O–H groups in total. The Morgan fingerprint density at radius 3 is 2.89 bits per heavy atom. The summed E-state index contributed by atoms with van der Waals surface area (Å²) < 4.78 is 1.70. The Balaban J connectivity index is 1.56. The molecule has 11 heteroatoms. The third-order valence-electron chi connectivity index (χ3n) is 4.28. The Bertz CT molecular complexity index is 1040. The van der Waals surface area contributed by atoms with E-state index in [9.17, 15) is 9.59 Å². The number of carbonyl (C=O) groups is 2. The van der Waals surface area contributed by atoms with Crippen molar-refractivity contribution in [1.82, 2.24) is 40.5 Å². The molecule has 1 atom stereocenters. The predicted molar refractivity (Wildman–Crippen MR) is 97.9 cm³/mol. The largest absolute Gasteiger partial charge is 0.348 e. The van der Waals surface area contributed by atoms with Crippen LogP contribution >= 0.6 is 11.3 Å². The van der Waals surface area contributed by atoms with Gasteiger partial charge in [-0.1, -0.05) is 11.3 Å². The van der Waals surface area contributed by atoms with E-state index in [0.717, 1.165) is 15.7 Å². The topological polar surface area (TPSA) is 129 Å². The molecular formula is C16H18N8O2S. The van der Waals surface area contributed by atoms with E-state index in [0.29, 0.717) is 22.7 Å². The van der Waals surface area contributed by atoms with Gasteiger partial charge in [0.2, 0.25) is 4.96 Å². The molecule has 0 unspecified atom stereocenters. The second-order valence-corrected chi connectivity index (χ2v) is 7.41. The van der Waals surface area contributed by atoms with Gasteiger partial charge in [-0.15, -0.1) is 0 Å². The van der Waals surface area contributed by atoms with Crippen LogP contribution in [0.2, 0.25) is 0 Å². The summed E-state index contributed by atoms with van der Waals surface area (Å²) in [5.74, 6) is -0.298. The maximum absolute atomic E-state index is 12.9. The first-order valence-corrected chi connectivity index (χ1v) is 9.12. The lowest BCUT2D eigenvalue weighted by Crippen LogP contribution is -2.47. The molecule has 0 aliphatic carbocycles. The van der Waals surface area contributed by atoms with E-state index < -0.39 is 6.04 Å². The zero-order chi connectivity index (χ0) is 19.1. The van der Waals surface area contributed by atoms with Crippen molar-refractivity contribution in [3.63, 3.8) is 0 Å². The standard InChI is InChI=1S/C16H18N8O2S/c1-7-11(13(22-15(26)20-7)12-8(2)18-6-19-12)14(25)17-4-10-5-24-16(21-10)27-9(3)23-24/h5-6,13H,4H2,1-3H3,(H,17,25)(H,18,19)(H2,20,22,26)/t13-/m1/s1. The average Bonchev–Trinajstić information content (AvgIpc) is 3.26. The zero-order valence-electron chi connectivity index (χ0n) is 15.0. The number of rotatable bonds is 4. The van der Waals surface area contributed by atoms with Gasteiger partial charge in [0.1, 0.15) is 11.0 Å². The number of carbonyl (C=O) groups excluding carboxylic acids is 2. The minimum Gasteiger partial charge on any atom is -0.348 e. The molecule has 3 aromatic heterocycles. The Kier molecular flexibility index (Phi) is 4.15. The van der Waals surface area contributed by atoms with Crippen molar-refractivity contribution < 1.29 is 9.59 Å². The molecular weight excluding hydrogens is 368 g/mol. The molecule has 0 fully saturated rings. The van der Waals surface area contributed by atoms with E-state index >= 15 is 0 Å². The Morgan fingerprint density at radius 2 is 2.19 bits per heavy atom. The number of allylic oxidation sites excluding steroid dienone is 1. The van der Waals surface area contributed by atoms with Gasteiger partial charge in [0.25, 0.3) is 5.91 Å². The summed E-state index contributed by atoms with van der Waals surface area (Å²) in [4.78, 5) is 37.2. The molecule has 0 radical (unpaired) electrons. The molecule has 0 bridgehead atoms. The van der Waals surface area contributed by atoms with Gasteiger partial charge in [0, 0.05) is 11.4 Å². The number of amides is 3. The van der Waals surface area contributed by atoms with E-state index in [-0.39, 0.29) is 18.5 Å². The molecule has 0 aromatic carbocycles. The first-order chi connectivity index (χ1) is 12.9. The van der Waals surface area contributed by atoms with Crippen LogP contribution in [-0.4, -0.2) is 36.5 Å². The van der Waals surface area contributed by atoms with E-state index in [1.165, 1.54) is 17.7 Å². The van der Waals surface area contributed by atoms with Crippen molar-refractivity contribution in [2.45, 2.75) is 33.4 Å². The van der Waals surface area contributed by atoms with Gasteiger partial charge in [0.15, 0.2) is 0 Å². The van der Waals surface area contributed by atoms with E-state index in [4.69, 9.17) is 0 Å². The van der Waals surface area contributed by atoms with Gasteiger partial charge in [-0.25, -0.2) is 19.3 Å². The molecule has 0 spiro atoms. The van der Waals surface area contributed by atoms with Gasteiger partial charge in [-0.05, 0) is 20.8 Å². The fraction of sp³-hybridized carbons (Fsp3) is 0.312. The summed E-state index contributed by atoms with van der Waals surface area (Å²) in [5.41, 5.74) is 3.01. The molecule has 3 amide bonds. The highest BCUT2D eigenvalue weighted by molar-refractivity contribution is 7.16. The van der Waals surface area contributed by atoms with Crippen molar-refractivity contribution in [2.75, 3.05) is 0 Å². The predicted octanol–water partition coefficient (Wildman–Crippen LogP) is 1.08. The summed E-state index contributed by atoms with van der Waals surface area (Å²) in [6.45, 7) is 5.71. The molecule has 3 aromatic rings. The molecule has 0 saturated carbocycles. The number of urea groups is 1. The number of nitrogens with zero attached hydrogens (tertiary/aromatic N) is 4. The third kappa shape index (κ3) is 3.16. The number of H-pyrrole nitrogens is 1. The summed E-state index contributed by atoms with van der Waals surface area (Å²) in [5, 5.41) is 13.5. The molecule has 0 saturated heterocycles. The van der Waals surface area contributed by atoms with Crippen LogP contribution < -0.4 is 16.0 Å². The van der Waals surface area contributed by atoms with Crippen molar-refractivity contribution in [3.05, 3.63) is 45.9 Å². The molecule has 1 aliphatic rings. The number of hydrogen-bond donors (Lipinski definition) is 4. The highest BCUT2D eigenvalue weighted by Gasteiger charge is 2.33. The van der Waals surface area contributed by atoms with Crippen LogP contribution in [0.4, 0.5) is 4.79 Å². The lowest BCUT2D eigenvalue weighted by molar-refractivity contribution is -0.118. The third-order valence-corrected chi connectivity index (χ3v) is 5.12. The van der Waals surface area contributed by atoms with E-state index in [1.807, 2.05) is 13.8 Å². The quantitative estimate of drug-likeness (QED) is 0.533. The number of aryl methyl sites for hydroxylation is 2. The number of nitrogens with one attached hydrogen (secondary N) is 4. The Hall–Kier alpha value is -3.21. The van der Waals surface area contributed by atoms with Crippen LogP contribution in [0.1, 0.15) is 35.1 Å². The smallest absolute Gasteiger partial charge is 0.319 e.